The second-order valence-electron chi connectivity index (χ2n) is 4.44. The van der Waals surface area contributed by atoms with Crippen LogP contribution in [0.4, 0.5) is 0 Å². The Kier molecular flexibility index (Phi) is 6.91. The molecule has 0 fully saturated rings. The Bertz CT molecular complexity index is 534. The second-order valence-corrected chi connectivity index (χ2v) is 6.78. The van der Waals surface area contributed by atoms with Gasteiger partial charge in [0.05, 0.1) is 11.5 Å². The van der Waals surface area contributed by atoms with Crippen LogP contribution in [0.15, 0.2) is 23.1 Å². The lowest BCUT2D eigenvalue weighted by molar-refractivity contribution is 0.252. The number of nitrogens with zero attached hydrogens (tertiary/aromatic N) is 1. The first-order valence-corrected chi connectivity index (χ1v) is 8.38. The molecule has 1 rings (SSSR count). The zero-order valence-electron chi connectivity index (χ0n) is 11.5. The van der Waals surface area contributed by atoms with Gasteiger partial charge in [0.1, 0.15) is 0 Å². The van der Waals surface area contributed by atoms with Crippen molar-refractivity contribution in [1.82, 2.24) is 4.31 Å². The third kappa shape index (κ3) is 4.17. The van der Waals surface area contributed by atoms with E-state index in [4.69, 9.17) is 22.4 Å². The number of aliphatic hydroxyl groups is 1. The Morgan fingerprint density at radius 3 is 2.55 bits per heavy atom. The number of unbranched alkanes of at least 4 members (excludes halogenated alkanes) is 1. The number of nitrogens with two attached hydrogens (primary N) is 1. The maximum atomic E-state index is 12.5. The lowest BCUT2D eigenvalue weighted by atomic mass is 10.2. The van der Waals surface area contributed by atoms with E-state index in [1.807, 2.05) is 6.92 Å². The average molecular weight is 321 g/mol. The number of hydrogen-bond donors (Lipinski definition) is 2. The normalized spacial score (nSPS) is 12.1. The minimum absolute atomic E-state index is 0.0819. The van der Waals surface area contributed by atoms with E-state index in [0.29, 0.717) is 17.1 Å². The van der Waals surface area contributed by atoms with Crippen molar-refractivity contribution < 1.29 is 13.5 Å². The van der Waals surface area contributed by atoms with Crippen LogP contribution in [-0.2, 0) is 16.6 Å². The van der Waals surface area contributed by atoms with Crippen molar-refractivity contribution in [2.75, 3.05) is 19.7 Å². The van der Waals surface area contributed by atoms with Gasteiger partial charge in [-0.25, -0.2) is 8.42 Å². The summed E-state index contributed by atoms with van der Waals surface area (Å²) in [6.07, 6.45) is 1.62. The Labute approximate surface area is 125 Å². The summed E-state index contributed by atoms with van der Waals surface area (Å²) in [5, 5.41) is 9.38. The van der Waals surface area contributed by atoms with E-state index in [1.165, 1.54) is 16.4 Å². The number of hydrogen-bond acceptors (Lipinski definition) is 4. The molecule has 1 aromatic carbocycles. The fourth-order valence-corrected chi connectivity index (χ4v) is 3.62. The molecule has 7 heteroatoms. The third-order valence-corrected chi connectivity index (χ3v) is 5.24. The maximum Gasteiger partial charge on any atom is 0.243 e. The maximum absolute atomic E-state index is 12.5. The summed E-state index contributed by atoms with van der Waals surface area (Å²) >= 11 is 6.01. The van der Waals surface area contributed by atoms with Gasteiger partial charge in [0, 0.05) is 24.7 Å². The minimum Gasteiger partial charge on any atom is -0.395 e. The molecule has 0 saturated heterocycles. The molecule has 0 heterocycles. The molecule has 3 N–H and O–H groups in total. The number of sulfonamides is 1. The predicted molar refractivity (Wildman–Crippen MR) is 80.1 cm³/mol. The van der Waals surface area contributed by atoms with Gasteiger partial charge < -0.3 is 10.8 Å². The van der Waals surface area contributed by atoms with Crippen LogP contribution in [0.2, 0.25) is 5.02 Å². The fourth-order valence-electron chi connectivity index (χ4n) is 1.80. The topological polar surface area (TPSA) is 83.6 Å². The van der Waals surface area contributed by atoms with Gasteiger partial charge in [-0.3, -0.25) is 0 Å². The van der Waals surface area contributed by atoms with Gasteiger partial charge in [-0.2, -0.15) is 4.31 Å². The first-order chi connectivity index (χ1) is 9.47. The summed E-state index contributed by atoms with van der Waals surface area (Å²) in [7, 11) is -3.63. The fraction of sp³-hybridized carbons (Fsp3) is 0.538. The van der Waals surface area contributed by atoms with Crippen molar-refractivity contribution in [3.05, 3.63) is 28.8 Å². The SMILES string of the molecule is CCCCN(CCO)S(=O)(=O)c1ccc(CN)c(Cl)c1. The van der Waals surface area contributed by atoms with Gasteiger partial charge in [-0.15, -0.1) is 0 Å². The number of aliphatic hydroxyl groups excluding tert-OH is 1. The molecule has 0 radical (unpaired) electrons. The smallest absolute Gasteiger partial charge is 0.243 e. The summed E-state index contributed by atoms with van der Waals surface area (Å²) in [5.74, 6) is 0. The van der Waals surface area contributed by atoms with E-state index < -0.39 is 10.0 Å². The van der Waals surface area contributed by atoms with E-state index >= 15 is 0 Å². The predicted octanol–water partition coefficient (Wildman–Crippen LogP) is 1.58. The van der Waals surface area contributed by atoms with Gasteiger partial charge >= 0.3 is 0 Å². The van der Waals surface area contributed by atoms with Crippen LogP contribution >= 0.6 is 11.6 Å². The van der Waals surface area contributed by atoms with E-state index in [1.54, 1.807) is 6.07 Å². The molecular weight excluding hydrogens is 300 g/mol. The standard InChI is InChI=1S/C13H21ClN2O3S/c1-2-3-6-16(7-8-17)20(18,19)12-5-4-11(10-15)13(14)9-12/h4-5,9,17H,2-3,6-8,10,15H2,1H3. The Morgan fingerprint density at radius 2 is 2.05 bits per heavy atom. The second kappa shape index (κ2) is 7.95. The van der Waals surface area contributed by atoms with Crippen LogP contribution in [-0.4, -0.2) is 37.5 Å². The van der Waals surface area contributed by atoms with Gasteiger partial charge in [0.25, 0.3) is 0 Å². The molecule has 0 aromatic heterocycles. The highest BCUT2D eigenvalue weighted by Gasteiger charge is 2.24. The van der Waals surface area contributed by atoms with Crippen molar-refractivity contribution >= 4 is 21.6 Å². The lowest BCUT2D eigenvalue weighted by Crippen LogP contribution is -2.34. The van der Waals surface area contributed by atoms with Crippen LogP contribution in [0.25, 0.3) is 0 Å². The van der Waals surface area contributed by atoms with Crippen LogP contribution in [0.3, 0.4) is 0 Å². The highest BCUT2D eigenvalue weighted by Crippen LogP contribution is 2.23. The summed E-state index contributed by atoms with van der Waals surface area (Å²) < 4.78 is 26.3. The minimum atomic E-state index is -3.63. The molecule has 1 aromatic rings. The van der Waals surface area contributed by atoms with Crippen LogP contribution < -0.4 is 5.73 Å². The molecule has 0 amide bonds. The zero-order valence-corrected chi connectivity index (χ0v) is 13.1. The van der Waals surface area contributed by atoms with Crippen molar-refractivity contribution in [3.8, 4) is 0 Å². The molecule has 5 nitrogen and oxygen atoms in total. The van der Waals surface area contributed by atoms with E-state index in [9.17, 15) is 8.42 Å². The highest BCUT2D eigenvalue weighted by atomic mass is 35.5. The molecule has 20 heavy (non-hydrogen) atoms. The summed E-state index contributed by atoms with van der Waals surface area (Å²) in [5.41, 5.74) is 6.21. The molecule has 0 atom stereocenters. The van der Waals surface area contributed by atoms with Gasteiger partial charge in [-0.1, -0.05) is 31.0 Å². The van der Waals surface area contributed by atoms with Crippen molar-refractivity contribution in [1.29, 1.82) is 0 Å². The molecule has 0 aliphatic carbocycles. The first-order valence-electron chi connectivity index (χ1n) is 6.56. The Balaban J connectivity index is 3.08. The number of rotatable bonds is 8. The molecule has 0 bridgehead atoms. The molecule has 0 saturated carbocycles. The summed E-state index contributed by atoms with van der Waals surface area (Å²) in [6, 6.07) is 4.53. The van der Waals surface area contributed by atoms with E-state index in [-0.39, 0.29) is 24.6 Å². The quantitative estimate of drug-likeness (QED) is 0.761. The Hall–Kier alpha value is -0.660. The van der Waals surface area contributed by atoms with E-state index in [2.05, 4.69) is 0 Å². The average Bonchev–Trinajstić information content (AvgIpc) is 2.43. The molecule has 114 valence electrons. The van der Waals surface area contributed by atoms with Crippen LogP contribution in [0.1, 0.15) is 25.3 Å². The third-order valence-electron chi connectivity index (χ3n) is 2.99. The van der Waals surface area contributed by atoms with Crippen molar-refractivity contribution in [2.45, 2.75) is 31.2 Å². The molecule has 0 aliphatic rings. The zero-order chi connectivity index (χ0) is 15.2. The molecule has 0 unspecified atom stereocenters. The van der Waals surface area contributed by atoms with Crippen molar-refractivity contribution in [2.24, 2.45) is 5.73 Å². The largest absolute Gasteiger partial charge is 0.395 e. The van der Waals surface area contributed by atoms with Gasteiger partial charge in [-0.05, 0) is 24.1 Å². The molecule has 0 spiro atoms. The monoisotopic (exact) mass is 320 g/mol. The summed E-state index contributed by atoms with van der Waals surface area (Å²) in [6.45, 7) is 2.50. The highest BCUT2D eigenvalue weighted by molar-refractivity contribution is 7.89. The Morgan fingerprint density at radius 1 is 1.35 bits per heavy atom. The molecular formula is C13H21ClN2O3S. The number of benzene rings is 1. The van der Waals surface area contributed by atoms with Crippen LogP contribution in [0.5, 0.6) is 0 Å². The van der Waals surface area contributed by atoms with Gasteiger partial charge in [0.2, 0.25) is 10.0 Å². The first kappa shape index (κ1) is 17.4. The van der Waals surface area contributed by atoms with Crippen molar-refractivity contribution in [3.63, 3.8) is 0 Å². The van der Waals surface area contributed by atoms with E-state index in [0.717, 1.165) is 12.8 Å². The summed E-state index contributed by atoms with van der Waals surface area (Å²) in [4.78, 5) is 0.129. The molecule has 0 aliphatic heterocycles. The number of halogens is 1. The van der Waals surface area contributed by atoms with Gasteiger partial charge in [0.15, 0.2) is 0 Å². The van der Waals surface area contributed by atoms with Crippen LogP contribution in [0, 0.1) is 0 Å². The lowest BCUT2D eigenvalue weighted by Gasteiger charge is -2.21.